The van der Waals surface area contributed by atoms with Crippen LogP contribution in [0.4, 0.5) is 16.5 Å². The molecule has 2 aromatic carbocycles. The van der Waals surface area contributed by atoms with Crippen LogP contribution in [0.3, 0.4) is 0 Å². The second-order valence-corrected chi connectivity index (χ2v) is 8.64. The summed E-state index contributed by atoms with van der Waals surface area (Å²) in [6.07, 6.45) is 1.46. The van der Waals surface area contributed by atoms with Crippen molar-refractivity contribution < 1.29 is 24.5 Å². The molecule has 1 atom stereocenters. The number of aliphatic hydroxyl groups excluding tert-OH is 1. The maximum absolute atomic E-state index is 13.2. The van der Waals surface area contributed by atoms with Crippen LogP contribution in [0.2, 0.25) is 0 Å². The number of amides is 1. The average molecular weight is 503 g/mol. The largest absolute Gasteiger partial charge is 0.507 e. The van der Waals surface area contributed by atoms with Crippen LogP contribution in [0.15, 0.2) is 72.4 Å². The number of Topliss-reactive ketones (excluding diaryl/α,β-unsaturated/α-hetero) is 1. The number of ketones is 1. The fourth-order valence-corrected chi connectivity index (χ4v) is 4.89. The minimum absolute atomic E-state index is 0.0889. The molecule has 0 saturated carbocycles. The molecule has 2 aromatic heterocycles. The van der Waals surface area contributed by atoms with Gasteiger partial charge >= 0.3 is 5.91 Å². The van der Waals surface area contributed by atoms with Gasteiger partial charge in [-0.05, 0) is 30.3 Å². The maximum Gasteiger partial charge on any atom is 0.301 e. The predicted molar refractivity (Wildman–Crippen MR) is 128 cm³/mol. The van der Waals surface area contributed by atoms with Crippen LogP contribution < -0.4 is 4.90 Å². The molecule has 12 nitrogen and oxygen atoms in total. The lowest BCUT2D eigenvalue weighted by Gasteiger charge is -2.21. The number of carbonyl (C=O) groups excluding carboxylic acids is 2. The summed E-state index contributed by atoms with van der Waals surface area (Å²) in [5.74, 6) is -2.49. The molecule has 0 aliphatic carbocycles. The zero-order valence-electron chi connectivity index (χ0n) is 18.0. The Morgan fingerprint density at radius 1 is 0.972 bits per heavy atom. The summed E-state index contributed by atoms with van der Waals surface area (Å²) in [4.78, 5) is 57.1. The van der Waals surface area contributed by atoms with E-state index < -0.39 is 33.3 Å². The number of non-ortho nitro benzene ring substituents is 2. The molecule has 0 radical (unpaired) electrons. The van der Waals surface area contributed by atoms with Crippen molar-refractivity contribution in [2.24, 2.45) is 0 Å². The SMILES string of the molecule is O=C1C(=O)N(c2nc3ccc([N+](=O)[O-])cc3s2)C(c2ccccn2)/C1=C(\O)c1ccc([N+](=O)[O-])cc1. The Morgan fingerprint density at radius 3 is 2.31 bits per heavy atom. The van der Waals surface area contributed by atoms with E-state index in [0.29, 0.717) is 10.2 Å². The number of nitrogens with zero attached hydrogens (tertiary/aromatic N) is 5. The highest BCUT2D eigenvalue weighted by Gasteiger charge is 2.48. The van der Waals surface area contributed by atoms with E-state index in [-0.39, 0.29) is 33.3 Å². The normalized spacial score (nSPS) is 17.0. The highest BCUT2D eigenvalue weighted by Crippen LogP contribution is 2.44. The summed E-state index contributed by atoms with van der Waals surface area (Å²) in [7, 11) is 0. The summed E-state index contributed by atoms with van der Waals surface area (Å²) in [6.45, 7) is 0. The molecule has 1 aliphatic heterocycles. The molecule has 178 valence electrons. The summed E-state index contributed by atoms with van der Waals surface area (Å²) >= 11 is 0.975. The van der Waals surface area contributed by atoms with Gasteiger partial charge in [-0.1, -0.05) is 17.4 Å². The number of anilines is 1. The second-order valence-electron chi connectivity index (χ2n) is 7.63. The Kier molecular flexibility index (Phi) is 5.45. The van der Waals surface area contributed by atoms with Crippen molar-refractivity contribution in [3.05, 3.63) is 104 Å². The van der Waals surface area contributed by atoms with Gasteiger partial charge in [0.2, 0.25) is 0 Å². The van der Waals surface area contributed by atoms with Gasteiger partial charge in [-0.3, -0.25) is 39.7 Å². The molecule has 1 N–H and O–H groups in total. The monoisotopic (exact) mass is 503 g/mol. The second kappa shape index (κ2) is 8.63. The van der Waals surface area contributed by atoms with Gasteiger partial charge in [0.25, 0.3) is 17.2 Å². The molecule has 36 heavy (non-hydrogen) atoms. The molecule has 3 heterocycles. The van der Waals surface area contributed by atoms with Crippen molar-refractivity contribution in [3.8, 4) is 0 Å². The number of fused-ring (bicyclic) bond motifs is 1. The van der Waals surface area contributed by atoms with Gasteiger partial charge in [-0.2, -0.15) is 0 Å². The number of aliphatic hydroxyl groups is 1. The highest BCUT2D eigenvalue weighted by atomic mass is 32.1. The van der Waals surface area contributed by atoms with E-state index in [2.05, 4.69) is 9.97 Å². The van der Waals surface area contributed by atoms with Gasteiger partial charge in [-0.15, -0.1) is 0 Å². The first kappa shape index (κ1) is 22.7. The van der Waals surface area contributed by atoms with Crippen LogP contribution in [-0.4, -0.2) is 36.6 Å². The molecule has 0 spiro atoms. The average Bonchev–Trinajstić information content (AvgIpc) is 3.41. The summed E-state index contributed by atoms with van der Waals surface area (Å²) in [5, 5.41) is 33.3. The first-order chi connectivity index (χ1) is 17.3. The third kappa shape index (κ3) is 3.73. The van der Waals surface area contributed by atoms with Gasteiger partial charge in [0.1, 0.15) is 11.8 Å². The number of nitro groups is 2. The van der Waals surface area contributed by atoms with E-state index in [1.54, 1.807) is 18.2 Å². The molecule has 0 bridgehead atoms. The van der Waals surface area contributed by atoms with E-state index in [0.717, 1.165) is 16.2 Å². The Bertz CT molecular complexity index is 1600. The molecular formula is C23H13N5O7S. The lowest BCUT2D eigenvalue weighted by molar-refractivity contribution is -0.385. The molecule has 1 aliphatic rings. The zero-order valence-corrected chi connectivity index (χ0v) is 18.8. The van der Waals surface area contributed by atoms with Gasteiger partial charge in [-0.25, -0.2) is 4.98 Å². The quantitative estimate of drug-likeness (QED) is 0.138. The molecule has 13 heteroatoms. The van der Waals surface area contributed by atoms with E-state index >= 15 is 0 Å². The fourth-order valence-electron chi connectivity index (χ4n) is 3.86. The molecule has 1 fully saturated rings. The van der Waals surface area contributed by atoms with Crippen molar-refractivity contribution >= 4 is 55.5 Å². The summed E-state index contributed by atoms with van der Waals surface area (Å²) in [6, 6.07) is 12.6. The third-order valence-corrected chi connectivity index (χ3v) is 6.56. The van der Waals surface area contributed by atoms with Crippen molar-refractivity contribution in [2.75, 3.05) is 4.90 Å². The topological polar surface area (TPSA) is 170 Å². The predicted octanol–water partition coefficient (Wildman–Crippen LogP) is 4.13. The number of hydrogen-bond donors (Lipinski definition) is 1. The van der Waals surface area contributed by atoms with Gasteiger partial charge in [0.05, 0.1) is 31.3 Å². The first-order valence-electron chi connectivity index (χ1n) is 10.3. The van der Waals surface area contributed by atoms with Gasteiger partial charge in [0.15, 0.2) is 5.13 Å². The third-order valence-electron chi connectivity index (χ3n) is 5.54. The number of pyridine rings is 1. The van der Waals surface area contributed by atoms with Crippen molar-refractivity contribution in [3.63, 3.8) is 0 Å². The first-order valence-corrected chi connectivity index (χ1v) is 11.1. The molecular weight excluding hydrogens is 490 g/mol. The lowest BCUT2D eigenvalue weighted by atomic mass is 9.98. The van der Waals surface area contributed by atoms with Gasteiger partial charge in [0, 0.05) is 36.0 Å². The van der Waals surface area contributed by atoms with E-state index in [4.69, 9.17) is 0 Å². The molecule has 5 rings (SSSR count). The Labute approximate surface area is 205 Å². The van der Waals surface area contributed by atoms with Crippen LogP contribution in [0.5, 0.6) is 0 Å². The number of carbonyl (C=O) groups is 2. The molecule has 4 aromatic rings. The van der Waals surface area contributed by atoms with Crippen LogP contribution in [-0.2, 0) is 9.59 Å². The summed E-state index contributed by atoms with van der Waals surface area (Å²) < 4.78 is 0.427. The molecule has 1 unspecified atom stereocenters. The van der Waals surface area contributed by atoms with Crippen molar-refractivity contribution in [1.82, 2.24) is 9.97 Å². The lowest BCUT2D eigenvalue weighted by Crippen LogP contribution is -2.29. The Morgan fingerprint density at radius 2 is 1.67 bits per heavy atom. The highest BCUT2D eigenvalue weighted by molar-refractivity contribution is 7.22. The molecule has 1 amide bonds. The van der Waals surface area contributed by atoms with E-state index in [1.165, 1.54) is 48.7 Å². The smallest absolute Gasteiger partial charge is 0.301 e. The van der Waals surface area contributed by atoms with Gasteiger partial charge < -0.3 is 5.11 Å². The number of nitro benzene ring substituents is 2. The minimum Gasteiger partial charge on any atom is -0.507 e. The van der Waals surface area contributed by atoms with Crippen LogP contribution in [0.1, 0.15) is 17.3 Å². The van der Waals surface area contributed by atoms with Crippen LogP contribution in [0, 0.1) is 20.2 Å². The Hall–Kier alpha value is -5.04. The van der Waals surface area contributed by atoms with Crippen molar-refractivity contribution in [1.29, 1.82) is 0 Å². The number of aromatic nitrogens is 2. The fraction of sp³-hybridized carbons (Fsp3) is 0.0435. The van der Waals surface area contributed by atoms with Crippen LogP contribution in [0.25, 0.3) is 16.0 Å². The zero-order chi connectivity index (χ0) is 25.6. The summed E-state index contributed by atoms with van der Waals surface area (Å²) in [5.41, 5.74) is 0.122. The number of benzene rings is 2. The van der Waals surface area contributed by atoms with Crippen molar-refractivity contribution in [2.45, 2.75) is 6.04 Å². The standard InChI is InChI=1S/C23H13N5O7S/c29-20(12-4-6-13(7-5-12)27(32)33)18-19(16-3-1-2-10-24-16)26(22(31)21(18)30)23-25-15-9-8-14(28(34)35)11-17(15)36-23/h1-11,19,29H/b20-18+. The number of hydrogen-bond acceptors (Lipinski definition) is 10. The minimum atomic E-state index is -1.16. The van der Waals surface area contributed by atoms with E-state index in [1.807, 2.05) is 0 Å². The number of thiazole rings is 1. The number of rotatable bonds is 5. The maximum atomic E-state index is 13.2. The molecule has 1 saturated heterocycles. The van der Waals surface area contributed by atoms with Crippen LogP contribution >= 0.6 is 11.3 Å². The van der Waals surface area contributed by atoms with E-state index in [9.17, 15) is 34.9 Å². The Balaban J connectivity index is 1.68.